The summed E-state index contributed by atoms with van der Waals surface area (Å²) in [6, 6.07) is 8.04. The summed E-state index contributed by atoms with van der Waals surface area (Å²) in [6.07, 6.45) is 0. The van der Waals surface area contributed by atoms with E-state index in [4.69, 9.17) is 5.84 Å². The zero-order valence-corrected chi connectivity index (χ0v) is 6.83. The first-order valence-electron chi connectivity index (χ1n) is 3.51. The van der Waals surface area contributed by atoms with E-state index in [0.717, 1.165) is 5.69 Å². The summed E-state index contributed by atoms with van der Waals surface area (Å²) in [4.78, 5) is 0. The molecule has 0 aliphatic carbocycles. The van der Waals surface area contributed by atoms with E-state index in [-0.39, 0.29) is 0 Å². The van der Waals surface area contributed by atoms with Gasteiger partial charge in [0.1, 0.15) is 0 Å². The Morgan fingerprint density at radius 1 is 1.36 bits per heavy atom. The summed E-state index contributed by atoms with van der Waals surface area (Å²) in [5.41, 5.74) is 4.85. The first kappa shape index (κ1) is 8.04. The lowest BCUT2D eigenvalue weighted by atomic mass is 10.2. The first-order chi connectivity index (χ1) is 5.25. The second-order valence-corrected chi connectivity index (χ2v) is 2.47. The highest BCUT2D eigenvalue weighted by Crippen LogP contribution is 2.14. The fourth-order valence-electron chi connectivity index (χ4n) is 1.01. The van der Waals surface area contributed by atoms with E-state index in [0.29, 0.717) is 0 Å². The summed E-state index contributed by atoms with van der Waals surface area (Å²) in [5.74, 6) is 5.25. The number of anilines is 1. The number of para-hydroxylation sites is 1. The van der Waals surface area contributed by atoms with Crippen molar-refractivity contribution in [1.29, 1.82) is 0 Å². The summed E-state index contributed by atoms with van der Waals surface area (Å²) >= 11 is 0. The molecule has 0 atom stereocenters. The summed E-state index contributed by atoms with van der Waals surface area (Å²) in [6.45, 7) is 2.04. The van der Waals surface area contributed by atoms with Crippen molar-refractivity contribution in [3.8, 4) is 0 Å². The summed E-state index contributed by atoms with van der Waals surface area (Å²) < 4.78 is 0. The van der Waals surface area contributed by atoms with Crippen LogP contribution in [0.15, 0.2) is 24.3 Å². The molecule has 0 radical (unpaired) electrons. The molecule has 0 fully saturated rings. The van der Waals surface area contributed by atoms with E-state index in [2.05, 4.69) is 5.53 Å². The van der Waals surface area contributed by atoms with Crippen LogP contribution in [0.4, 0.5) is 5.69 Å². The van der Waals surface area contributed by atoms with E-state index < -0.39 is 0 Å². The van der Waals surface area contributed by atoms with E-state index in [1.165, 1.54) is 5.56 Å². The molecule has 0 saturated carbocycles. The zero-order valence-electron chi connectivity index (χ0n) is 6.83. The molecule has 1 aromatic rings. The number of hydrogen-bond acceptors (Lipinski definition) is 3. The Morgan fingerprint density at radius 3 is 2.55 bits per heavy atom. The quantitative estimate of drug-likeness (QED) is 0.485. The van der Waals surface area contributed by atoms with Gasteiger partial charge in [-0.3, -0.25) is 10.9 Å². The van der Waals surface area contributed by atoms with Crippen molar-refractivity contribution in [2.24, 2.45) is 5.84 Å². The van der Waals surface area contributed by atoms with Gasteiger partial charge in [0, 0.05) is 7.05 Å². The third kappa shape index (κ3) is 1.69. The summed E-state index contributed by atoms with van der Waals surface area (Å²) in [7, 11) is 1.88. The van der Waals surface area contributed by atoms with Crippen LogP contribution in [0.3, 0.4) is 0 Å². The molecule has 0 heterocycles. The SMILES string of the molecule is Cc1ccccc1N(C)NN. The molecule has 3 N–H and O–H groups in total. The third-order valence-corrected chi connectivity index (χ3v) is 1.67. The average molecular weight is 151 g/mol. The average Bonchev–Trinajstić information content (AvgIpc) is 2.04. The maximum Gasteiger partial charge on any atom is 0.0559 e. The van der Waals surface area contributed by atoms with Crippen LogP contribution in [0.2, 0.25) is 0 Å². The minimum atomic E-state index is 1.09. The Labute approximate surface area is 66.8 Å². The predicted octanol–water partition coefficient (Wildman–Crippen LogP) is 0.810. The molecule has 0 spiro atoms. The van der Waals surface area contributed by atoms with Gasteiger partial charge in [0.25, 0.3) is 0 Å². The highest BCUT2D eigenvalue weighted by Gasteiger charge is 1.99. The molecule has 0 aliphatic heterocycles. The molecule has 0 unspecified atom stereocenters. The molecule has 11 heavy (non-hydrogen) atoms. The van der Waals surface area contributed by atoms with Gasteiger partial charge in [0.05, 0.1) is 5.69 Å². The molecule has 0 aliphatic rings. The topological polar surface area (TPSA) is 41.3 Å². The van der Waals surface area contributed by atoms with E-state index in [1.54, 1.807) is 5.01 Å². The van der Waals surface area contributed by atoms with Crippen molar-refractivity contribution in [2.75, 3.05) is 12.1 Å². The van der Waals surface area contributed by atoms with Crippen LogP contribution in [0.1, 0.15) is 5.56 Å². The van der Waals surface area contributed by atoms with Crippen LogP contribution in [-0.2, 0) is 0 Å². The van der Waals surface area contributed by atoms with Crippen LogP contribution in [-0.4, -0.2) is 7.05 Å². The third-order valence-electron chi connectivity index (χ3n) is 1.67. The molecule has 0 amide bonds. The van der Waals surface area contributed by atoms with Crippen molar-refractivity contribution < 1.29 is 0 Å². The van der Waals surface area contributed by atoms with Crippen LogP contribution in [0.25, 0.3) is 0 Å². The minimum Gasteiger partial charge on any atom is -0.298 e. The van der Waals surface area contributed by atoms with Gasteiger partial charge in [-0.2, -0.15) is 5.53 Å². The van der Waals surface area contributed by atoms with Crippen LogP contribution in [0, 0.1) is 6.92 Å². The number of hydrazine groups is 2. The van der Waals surface area contributed by atoms with Crippen molar-refractivity contribution in [2.45, 2.75) is 6.92 Å². The Bertz CT molecular complexity index is 235. The molecular formula is C8H13N3. The Hall–Kier alpha value is -1.06. The van der Waals surface area contributed by atoms with Gasteiger partial charge < -0.3 is 0 Å². The molecule has 0 aromatic heterocycles. The molecule has 1 aromatic carbocycles. The second kappa shape index (κ2) is 3.37. The number of aryl methyl sites for hydroxylation is 1. The number of nitrogens with two attached hydrogens (primary N) is 1. The molecule has 0 bridgehead atoms. The maximum absolute atomic E-state index is 5.25. The van der Waals surface area contributed by atoms with Gasteiger partial charge in [0.2, 0.25) is 0 Å². The molecule has 60 valence electrons. The molecule has 3 heteroatoms. The van der Waals surface area contributed by atoms with E-state index >= 15 is 0 Å². The largest absolute Gasteiger partial charge is 0.298 e. The zero-order chi connectivity index (χ0) is 8.27. The minimum absolute atomic E-state index is 1.09. The number of rotatable bonds is 2. The summed E-state index contributed by atoms with van der Waals surface area (Å²) in [5, 5.41) is 1.77. The smallest absolute Gasteiger partial charge is 0.0559 e. The monoisotopic (exact) mass is 151 g/mol. The number of hydrogen-bond donors (Lipinski definition) is 2. The van der Waals surface area contributed by atoms with E-state index in [9.17, 15) is 0 Å². The number of nitrogens with one attached hydrogen (secondary N) is 1. The normalized spacial score (nSPS) is 9.73. The van der Waals surface area contributed by atoms with Crippen molar-refractivity contribution in [1.82, 2.24) is 5.53 Å². The molecule has 0 saturated heterocycles. The van der Waals surface area contributed by atoms with Crippen LogP contribution < -0.4 is 16.4 Å². The first-order valence-corrected chi connectivity index (χ1v) is 3.51. The van der Waals surface area contributed by atoms with Crippen LogP contribution in [0.5, 0.6) is 0 Å². The van der Waals surface area contributed by atoms with Gasteiger partial charge in [-0.1, -0.05) is 18.2 Å². The number of nitrogens with zero attached hydrogens (tertiary/aromatic N) is 1. The molecule has 1 rings (SSSR count). The fourth-order valence-corrected chi connectivity index (χ4v) is 1.01. The van der Waals surface area contributed by atoms with Gasteiger partial charge in [-0.05, 0) is 18.6 Å². The van der Waals surface area contributed by atoms with Crippen molar-refractivity contribution in [3.63, 3.8) is 0 Å². The van der Waals surface area contributed by atoms with Gasteiger partial charge in [0.15, 0.2) is 0 Å². The van der Waals surface area contributed by atoms with Crippen molar-refractivity contribution in [3.05, 3.63) is 29.8 Å². The lowest BCUT2D eigenvalue weighted by Crippen LogP contribution is -2.40. The lowest BCUT2D eigenvalue weighted by Gasteiger charge is -2.18. The Kier molecular flexibility index (Phi) is 2.46. The second-order valence-electron chi connectivity index (χ2n) is 2.47. The van der Waals surface area contributed by atoms with Gasteiger partial charge >= 0.3 is 0 Å². The van der Waals surface area contributed by atoms with Gasteiger partial charge in [-0.25, -0.2) is 0 Å². The van der Waals surface area contributed by atoms with Gasteiger partial charge in [-0.15, -0.1) is 0 Å². The highest BCUT2D eigenvalue weighted by atomic mass is 15.6. The Morgan fingerprint density at radius 2 is 2.00 bits per heavy atom. The molecule has 3 nitrogen and oxygen atoms in total. The van der Waals surface area contributed by atoms with Crippen molar-refractivity contribution >= 4 is 5.69 Å². The maximum atomic E-state index is 5.25. The number of benzene rings is 1. The fraction of sp³-hybridized carbons (Fsp3) is 0.250. The van der Waals surface area contributed by atoms with Crippen LogP contribution >= 0.6 is 0 Å². The predicted molar refractivity (Wildman–Crippen MR) is 46.9 cm³/mol. The molecular weight excluding hydrogens is 138 g/mol. The standard InChI is InChI=1S/C8H13N3/c1-7-5-3-4-6-8(7)11(2)10-9/h3-6,10H,9H2,1-2H3. The van der Waals surface area contributed by atoms with E-state index in [1.807, 2.05) is 38.2 Å². The lowest BCUT2D eigenvalue weighted by molar-refractivity contribution is 0.719. The highest BCUT2D eigenvalue weighted by molar-refractivity contribution is 5.50. The Balaban J connectivity index is 2.93.